The molecule has 0 unspecified atom stereocenters. The standard InChI is InChI=1S/C24H24N4O6/c1-30-18-9-7-15(12-20(18)32-3)23-26-24(34-27-23)17-6-5-11-28(17)14-22(29)25-16-8-10-19(31-2)21(13-16)33-4/h5-13H,14H2,1-4H3,(H,25,29). The lowest BCUT2D eigenvalue weighted by atomic mass is 10.2. The van der Waals surface area contributed by atoms with E-state index in [0.29, 0.717) is 45.8 Å². The number of amides is 1. The quantitative estimate of drug-likeness (QED) is 0.397. The molecule has 4 aromatic rings. The zero-order valence-corrected chi connectivity index (χ0v) is 19.2. The molecule has 0 aliphatic heterocycles. The number of nitrogens with zero attached hydrogens (tertiary/aromatic N) is 3. The van der Waals surface area contributed by atoms with Gasteiger partial charge in [-0.3, -0.25) is 4.79 Å². The summed E-state index contributed by atoms with van der Waals surface area (Å²) >= 11 is 0. The third kappa shape index (κ3) is 4.65. The number of nitrogens with one attached hydrogen (secondary N) is 1. The Balaban J connectivity index is 1.50. The Morgan fingerprint density at radius 3 is 2.29 bits per heavy atom. The lowest BCUT2D eigenvalue weighted by molar-refractivity contribution is -0.116. The number of carbonyl (C=O) groups is 1. The van der Waals surface area contributed by atoms with E-state index in [1.54, 1.807) is 74.6 Å². The molecule has 0 saturated carbocycles. The number of anilines is 1. The van der Waals surface area contributed by atoms with Crippen LogP contribution in [0.25, 0.3) is 23.0 Å². The van der Waals surface area contributed by atoms with Crippen LogP contribution in [0, 0.1) is 0 Å². The van der Waals surface area contributed by atoms with Crippen molar-refractivity contribution in [1.29, 1.82) is 0 Å². The maximum atomic E-state index is 12.7. The van der Waals surface area contributed by atoms with E-state index in [1.807, 2.05) is 6.07 Å². The summed E-state index contributed by atoms with van der Waals surface area (Å²) in [5.41, 5.74) is 1.91. The molecule has 0 aliphatic carbocycles. The van der Waals surface area contributed by atoms with Gasteiger partial charge in [0.1, 0.15) is 12.2 Å². The molecule has 0 spiro atoms. The summed E-state index contributed by atoms with van der Waals surface area (Å²) in [6.45, 7) is 0.0464. The average Bonchev–Trinajstić information content (AvgIpc) is 3.53. The van der Waals surface area contributed by atoms with Gasteiger partial charge in [0.25, 0.3) is 5.89 Å². The van der Waals surface area contributed by atoms with E-state index in [2.05, 4.69) is 15.5 Å². The van der Waals surface area contributed by atoms with Gasteiger partial charge in [-0.05, 0) is 42.5 Å². The topological polar surface area (TPSA) is 110 Å². The highest BCUT2D eigenvalue weighted by Crippen LogP contribution is 2.32. The number of ether oxygens (including phenoxy) is 4. The van der Waals surface area contributed by atoms with Gasteiger partial charge in [-0.2, -0.15) is 4.98 Å². The molecule has 2 aromatic carbocycles. The molecule has 0 radical (unpaired) electrons. The van der Waals surface area contributed by atoms with Crippen LogP contribution >= 0.6 is 0 Å². The van der Waals surface area contributed by atoms with Crippen molar-refractivity contribution in [3.8, 4) is 46.0 Å². The van der Waals surface area contributed by atoms with Gasteiger partial charge in [-0.1, -0.05) is 5.16 Å². The fourth-order valence-electron chi connectivity index (χ4n) is 3.44. The molecule has 10 nitrogen and oxygen atoms in total. The van der Waals surface area contributed by atoms with Gasteiger partial charge in [0.05, 0.1) is 28.4 Å². The molecule has 2 heterocycles. The fourth-order valence-corrected chi connectivity index (χ4v) is 3.44. The molecule has 0 saturated heterocycles. The summed E-state index contributed by atoms with van der Waals surface area (Å²) in [5, 5.41) is 6.93. The van der Waals surface area contributed by atoms with Crippen molar-refractivity contribution in [2.24, 2.45) is 0 Å². The Morgan fingerprint density at radius 2 is 1.59 bits per heavy atom. The molecule has 0 atom stereocenters. The molecule has 10 heteroatoms. The summed E-state index contributed by atoms with van der Waals surface area (Å²) in [6.07, 6.45) is 1.77. The Morgan fingerprint density at radius 1 is 0.912 bits per heavy atom. The van der Waals surface area contributed by atoms with Crippen LogP contribution in [0.5, 0.6) is 23.0 Å². The first-order valence-electron chi connectivity index (χ1n) is 10.3. The third-order valence-corrected chi connectivity index (χ3v) is 5.10. The maximum Gasteiger partial charge on any atom is 0.274 e. The SMILES string of the molecule is COc1ccc(NC(=O)Cn2cccc2-c2nc(-c3ccc(OC)c(OC)c3)no2)cc1OC. The monoisotopic (exact) mass is 464 g/mol. The number of hydrogen-bond donors (Lipinski definition) is 1. The molecule has 0 aliphatic rings. The van der Waals surface area contributed by atoms with E-state index in [4.69, 9.17) is 23.5 Å². The summed E-state index contributed by atoms with van der Waals surface area (Å²) in [6, 6.07) is 14.1. The van der Waals surface area contributed by atoms with Crippen LogP contribution in [0.15, 0.2) is 59.3 Å². The average molecular weight is 464 g/mol. The highest BCUT2D eigenvalue weighted by atomic mass is 16.5. The Bertz CT molecular complexity index is 1300. The minimum atomic E-state index is -0.232. The van der Waals surface area contributed by atoms with Gasteiger partial charge in [-0.25, -0.2) is 0 Å². The molecule has 4 rings (SSSR count). The predicted molar refractivity (Wildman–Crippen MR) is 124 cm³/mol. The van der Waals surface area contributed by atoms with Gasteiger partial charge in [0.2, 0.25) is 11.7 Å². The van der Waals surface area contributed by atoms with Crippen molar-refractivity contribution < 1.29 is 28.3 Å². The number of aromatic nitrogens is 3. The summed E-state index contributed by atoms with van der Waals surface area (Å²) in [5.74, 6) is 2.70. The first-order valence-corrected chi connectivity index (χ1v) is 10.3. The highest BCUT2D eigenvalue weighted by molar-refractivity contribution is 5.91. The van der Waals surface area contributed by atoms with Crippen LogP contribution < -0.4 is 24.3 Å². The van der Waals surface area contributed by atoms with Crippen LogP contribution in [0.1, 0.15) is 0 Å². The van der Waals surface area contributed by atoms with Crippen molar-refractivity contribution in [1.82, 2.24) is 14.7 Å². The van der Waals surface area contributed by atoms with Gasteiger partial charge < -0.3 is 33.4 Å². The number of methoxy groups -OCH3 is 4. The minimum Gasteiger partial charge on any atom is -0.493 e. The van der Waals surface area contributed by atoms with Gasteiger partial charge in [0.15, 0.2) is 23.0 Å². The lowest BCUT2D eigenvalue weighted by Gasteiger charge is -2.11. The fraction of sp³-hybridized carbons (Fsp3) is 0.208. The van der Waals surface area contributed by atoms with Crippen molar-refractivity contribution in [3.63, 3.8) is 0 Å². The van der Waals surface area contributed by atoms with E-state index in [1.165, 1.54) is 7.11 Å². The van der Waals surface area contributed by atoms with Crippen LogP contribution in [-0.2, 0) is 11.3 Å². The largest absolute Gasteiger partial charge is 0.493 e. The van der Waals surface area contributed by atoms with Crippen molar-refractivity contribution >= 4 is 11.6 Å². The van der Waals surface area contributed by atoms with Gasteiger partial charge in [0, 0.05) is 23.5 Å². The minimum absolute atomic E-state index is 0.0464. The predicted octanol–water partition coefficient (Wildman–Crippen LogP) is 3.88. The van der Waals surface area contributed by atoms with E-state index < -0.39 is 0 Å². The number of benzene rings is 2. The second kappa shape index (κ2) is 9.99. The summed E-state index contributed by atoms with van der Waals surface area (Å²) in [4.78, 5) is 17.2. The number of hydrogen-bond acceptors (Lipinski definition) is 8. The number of rotatable bonds is 9. The maximum absolute atomic E-state index is 12.7. The second-order valence-electron chi connectivity index (χ2n) is 7.13. The smallest absolute Gasteiger partial charge is 0.274 e. The van der Waals surface area contributed by atoms with Crippen molar-refractivity contribution in [2.45, 2.75) is 6.54 Å². The summed E-state index contributed by atoms with van der Waals surface area (Å²) in [7, 11) is 6.22. The molecule has 0 bridgehead atoms. The van der Waals surface area contributed by atoms with E-state index in [-0.39, 0.29) is 18.3 Å². The van der Waals surface area contributed by atoms with Gasteiger partial charge >= 0.3 is 0 Å². The van der Waals surface area contributed by atoms with Gasteiger partial charge in [-0.15, -0.1) is 0 Å². The van der Waals surface area contributed by atoms with Crippen LogP contribution in [-0.4, -0.2) is 49.1 Å². The third-order valence-electron chi connectivity index (χ3n) is 5.10. The molecule has 176 valence electrons. The van der Waals surface area contributed by atoms with Crippen LogP contribution in [0.3, 0.4) is 0 Å². The van der Waals surface area contributed by atoms with E-state index in [9.17, 15) is 4.79 Å². The molecule has 0 fully saturated rings. The molecular formula is C24H24N4O6. The first kappa shape index (κ1) is 22.7. The van der Waals surface area contributed by atoms with E-state index >= 15 is 0 Å². The van der Waals surface area contributed by atoms with Crippen molar-refractivity contribution in [2.75, 3.05) is 33.8 Å². The molecule has 1 amide bonds. The van der Waals surface area contributed by atoms with E-state index in [0.717, 1.165) is 0 Å². The zero-order valence-electron chi connectivity index (χ0n) is 19.2. The van der Waals surface area contributed by atoms with Crippen LogP contribution in [0.4, 0.5) is 5.69 Å². The molecule has 2 aromatic heterocycles. The van der Waals surface area contributed by atoms with Crippen molar-refractivity contribution in [3.05, 3.63) is 54.7 Å². The Kier molecular flexibility index (Phi) is 6.67. The molecule has 1 N–H and O–H groups in total. The second-order valence-corrected chi connectivity index (χ2v) is 7.13. The highest BCUT2D eigenvalue weighted by Gasteiger charge is 2.17. The molecule has 34 heavy (non-hydrogen) atoms. The summed E-state index contributed by atoms with van der Waals surface area (Å²) < 4.78 is 28.3. The first-order chi connectivity index (χ1) is 16.6. The normalized spacial score (nSPS) is 10.6. The Hall–Kier alpha value is -4.47. The Labute approximate surface area is 196 Å². The number of carbonyl (C=O) groups excluding carboxylic acids is 1. The lowest BCUT2D eigenvalue weighted by Crippen LogP contribution is -2.18. The molecular weight excluding hydrogens is 440 g/mol. The zero-order chi connectivity index (χ0) is 24.1. The van der Waals surface area contributed by atoms with Crippen LogP contribution in [0.2, 0.25) is 0 Å².